The number of hydrogen-bond acceptors (Lipinski definition) is 3. The lowest BCUT2D eigenvalue weighted by Gasteiger charge is -2.45. The number of amides is 3. The molecule has 0 spiro atoms. The van der Waals surface area contributed by atoms with E-state index in [0.717, 1.165) is 31.4 Å². The molecule has 1 aromatic rings. The molecule has 1 saturated carbocycles. The number of ether oxygens (including phenoxy) is 1. The molecule has 3 aliphatic rings. The number of benzene rings is 1. The summed E-state index contributed by atoms with van der Waals surface area (Å²) in [5, 5.41) is 2.94. The quantitative estimate of drug-likeness (QED) is 0.869. The first-order valence-corrected chi connectivity index (χ1v) is 10.3. The molecule has 3 atom stereocenters. The van der Waals surface area contributed by atoms with E-state index in [4.69, 9.17) is 4.74 Å². The first-order chi connectivity index (χ1) is 13.2. The lowest BCUT2D eigenvalue weighted by Crippen LogP contribution is -2.58. The fourth-order valence-corrected chi connectivity index (χ4v) is 4.69. The summed E-state index contributed by atoms with van der Waals surface area (Å²) in [6.07, 6.45) is 6.41. The predicted octanol–water partition coefficient (Wildman–Crippen LogP) is 3.10. The smallest absolute Gasteiger partial charge is 0.321 e. The van der Waals surface area contributed by atoms with E-state index in [1.165, 1.54) is 12.8 Å². The number of nitrogens with one attached hydrogen (secondary N) is 1. The van der Waals surface area contributed by atoms with Crippen LogP contribution in [0.15, 0.2) is 30.3 Å². The fraction of sp³-hybridized carbons (Fsp3) is 0.619. The first kappa shape index (κ1) is 18.3. The van der Waals surface area contributed by atoms with Crippen LogP contribution in [0.25, 0.3) is 0 Å². The van der Waals surface area contributed by atoms with Gasteiger partial charge in [0.15, 0.2) is 0 Å². The van der Waals surface area contributed by atoms with E-state index < -0.39 is 0 Å². The van der Waals surface area contributed by atoms with Gasteiger partial charge in [0, 0.05) is 25.3 Å². The van der Waals surface area contributed by atoms with Crippen molar-refractivity contribution in [3.8, 4) is 0 Å². The fourth-order valence-electron chi connectivity index (χ4n) is 4.69. The number of morpholine rings is 1. The van der Waals surface area contributed by atoms with Gasteiger partial charge in [-0.2, -0.15) is 0 Å². The van der Waals surface area contributed by atoms with Crippen LogP contribution in [-0.4, -0.2) is 60.1 Å². The minimum Gasteiger partial charge on any atom is -0.374 e. The van der Waals surface area contributed by atoms with Crippen LogP contribution in [0.3, 0.4) is 0 Å². The Bertz CT molecular complexity index is 664. The van der Waals surface area contributed by atoms with Gasteiger partial charge >= 0.3 is 6.03 Å². The van der Waals surface area contributed by atoms with Crippen LogP contribution in [0, 0.1) is 5.92 Å². The second kappa shape index (κ2) is 8.30. The number of para-hydroxylation sites is 1. The molecule has 1 N–H and O–H groups in total. The van der Waals surface area contributed by atoms with Crippen molar-refractivity contribution < 1.29 is 14.3 Å². The average molecular weight is 371 g/mol. The van der Waals surface area contributed by atoms with Crippen molar-refractivity contribution in [1.82, 2.24) is 9.80 Å². The third-order valence-corrected chi connectivity index (χ3v) is 6.10. The van der Waals surface area contributed by atoms with Crippen LogP contribution in [-0.2, 0) is 9.53 Å². The summed E-state index contributed by atoms with van der Waals surface area (Å²) in [4.78, 5) is 29.7. The summed E-state index contributed by atoms with van der Waals surface area (Å²) in [7, 11) is 0. The van der Waals surface area contributed by atoms with E-state index in [2.05, 4.69) is 10.2 Å². The Kier molecular flexibility index (Phi) is 5.62. The zero-order valence-corrected chi connectivity index (χ0v) is 15.8. The van der Waals surface area contributed by atoms with E-state index in [-0.39, 0.29) is 30.0 Å². The molecule has 0 bridgehead atoms. The lowest BCUT2D eigenvalue weighted by atomic mass is 9.88. The Hall–Kier alpha value is -2.08. The number of anilines is 1. The lowest BCUT2D eigenvalue weighted by molar-refractivity contribution is -0.155. The Morgan fingerprint density at radius 2 is 1.81 bits per heavy atom. The standard InChI is InChI=1S/C21H29N3O3/c25-20(24-13-14-27-19-11-5-4-10-18(19)24)16-7-6-12-23(15-16)21(26)22-17-8-2-1-3-9-17/h1-3,8-9,16,18-19H,4-7,10-15H2,(H,22,26)/t16-,18-,19-/m0/s1. The molecule has 6 heteroatoms. The normalized spacial score (nSPS) is 28.4. The Balaban J connectivity index is 1.38. The number of urea groups is 1. The molecule has 27 heavy (non-hydrogen) atoms. The number of fused-ring (bicyclic) bond motifs is 1. The molecule has 3 fully saturated rings. The third-order valence-electron chi connectivity index (χ3n) is 6.10. The Morgan fingerprint density at radius 3 is 2.67 bits per heavy atom. The van der Waals surface area contributed by atoms with Gasteiger partial charge in [-0.05, 0) is 37.8 Å². The number of hydrogen-bond donors (Lipinski definition) is 1. The van der Waals surface area contributed by atoms with Gasteiger partial charge in [0.2, 0.25) is 5.91 Å². The van der Waals surface area contributed by atoms with Gasteiger partial charge in [0.1, 0.15) is 0 Å². The van der Waals surface area contributed by atoms with Crippen LogP contribution in [0.1, 0.15) is 38.5 Å². The van der Waals surface area contributed by atoms with Crippen LogP contribution in [0.2, 0.25) is 0 Å². The van der Waals surface area contributed by atoms with Crippen LogP contribution >= 0.6 is 0 Å². The van der Waals surface area contributed by atoms with E-state index in [9.17, 15) is 9.59 Å². The highest BCUT2D eigenvalue weighted by Crippen LogP contribution is 2.31. The van der Waals surface area contributed by atoms with Gasteiger partial charge in [-0.3, -0.25) is 4.79 Å². The van der Waals surface area contributed by atoms with Gasteiger partial charge in [-0.25, -0.2) is 4.79 Å². The number of piperidine rings is 1. The minimum absolute atomic E-state index is 0.0963. The molecular formula is C21H29N3O3. The molecule has 146 valence electrons. The molecule has 2 aliphatic heterocycles. The molecule has 4 rings (SSSR count). The van der Waals surface area contributed by atoms with Gasteiger partial charge in [-0.15, -0.1) is 0 Å². The molecule has 2 heterocycles. The van der Waals surface area contributed by atoms with Crippen molar-refractivity contribution in [2.45, 2.75) is 50.7 Å². The van der Waals surface area contributed by atoms with Crippen molar-refractivity contribution in [2.24, 2.45) is 5.92 Å². The monoisotopic (exact) mass is 371 g/mol. The predicted molar refractivity (Wildman–Crippen MR) is 103 cm³/mol. The van der Waals surface area contributed by atoms with Crippen molar-refractivity contribution in [3.05, 3.63) is 30.3 Å². The highest BCUT2D eigenvalue weighted by molar-refractivity contribution is 5.90. The van der Waals surface area contributed by atoms with Crippen molar-refractivity contribution >= 4 is 17.6 Å². The van der Waals surface area contributed by atoms with E-state index in [1.807, 2.05) is 30.3 Å². The molecule has 1 aromatic carbocycles. The van der Waals surface area contributed by atoms with Gasteiger partial charge in [0.25, 0.3) is 0 Å². The number of rotatable bonds is 2. The first-order valence-electron chi connectivity index (χ1n) is 10.3. The van der Waals surface area contributed by atoms with Gasteiger partial charge in [0.05, 0.1) is 24.7 Å². The molecule has 0 unspecified atom stereocenters. The number of carbonyl (C=O) groups excluding carboxylic acids is 2. The maximum absolute atomic E-state index is 13.2. The summed E-state index contributed by atoms with van der Waals surface area (Å²) in [6, 6.07) is 9.59. The van der Waals surface area contributed by atoms with Gasteiger partial charge in [-0.1, -0.05) is 31.0 Å². The topological polar surface area (TPSA) is 61.9 Å². The summed E-state index contributed by atoms with van der Waals surface area (Å²) in [5.74, 6) is 0.119. The number of nitrogens with zero attached hydrogens (tertiary/aromatic N) is 2. The highest BCUT2D eigenvalue weighted by Gasteiger charge is 2.40. The summed E-state index contributed by atoms with van der Waals surface area (Å²) in [5.41, 5.74) is 0.786. The SMILES string of the molecule is O=C(Nc1ccccc1)N1CCC[C@H](C(=O)N2CCO[C@H]3CCCC[C@@H]32)C1. The molecule has 2 saturated heterocycles. The molecule has 0 radical (unpaired) electrons. The molecule has 3 amide bonds. The van der Waals surface area contributed by atoms with Crippen molar-refractivity contribution in [2.75, 3.05) is 31.6 Å². The molecule has 1 aliphatic carbocycles. The third kappa shape index (κ3) is 4.10. The maximum Gasteiger partial charge on any atom is 0.321 e. The second-order valence-electron chi connectivity index (χ2n) is 7.87. The largest absolute Gasteiger partial charge is 0.374 e. The van der Waals surface area contributed by atoms with Crippen LogP contribution in [0.5, 0.6) is 0 Å². The zero-order valence-electron chi connectivity index (χ0n) is 15.8. The van der Waals surface area contributed by atoms with Gasteiger partial charge < -0.3 is 19.9 Å². The zero-order chi connectivity index (χ0) is 18.6. The average Bonchev–Trinajstić information content (AvgIpc) is 2.73. The highest BCUT2D eigenvalue weighted by atomic mass is 16.5. The Labute approximate surface area is 160 Å². The van der Waals surface area contributed by atoms with Crippen LogP contribution in [0.4, 0.5) is 10.5 Å². The minimum atomic E-state index is -0.115. The molecule has 6 nitrogen and oxygen atoms in total. The maximum atomic E-state index is 13.2. The number of carbonyl (C=O) groups is 2. The van der Waals surface area contributed by atoms with E-state index in [1.54, 1.807) is 4.90 Å². The van der Waals surface area contributed by atoms with E-state index >= 15 is 0 Å². The Morgan fingerprint density at radius 1 is 1.00 bits per heavy atom. The summed E-state index contributed by atoms with van der Waals surface area (Å²) >= 11 is 0. The van der Waals surface area contributed by atoms with E-state index in [0.29, 0.717) is 26.2 Å². The molecule has 0 aromatic heterocycles. The van der Waals surface area contributed by atoms with Crippen molar-refractivity contribution in [1.29, 1.82) is 0 Å². The van der Waals surface area contributed by atoms with Crippen molar-refractivity contribution in [3.63, 3.8) is 0 Å². The second-order valence-corrected chi connectivity index (χ2v) is 7.87. The number of likely N-dealkylation sites (tertiary alicyclic amines) is 1. The summed E-state index contributed by atoms with van der Waals surface area (Å²) < 4.78 is 5.91. The van der Waals surface area contributed by atoms with Crippen LogP contribution < -0.4 is 5.32 Å². The molecular weight excluding hydrogens is 342 g/mol. The summed E-state index contributed by atoms with van der Waals surface area (Å²) in [6.45, 7) is 2.54.